The minimum absolute atomic E-state index is 0.479. The first-order chi connectivity index (χ1) is 9.15. The Kier molecular flexibility index (Phi) is 5.08. The molecule has 0 saturated carbocycles. The highest BCUT2D eigenvalue weighted by molar-refractivity contribution is 5.43. The van der Waals surface area contributed by atoms with Crippen LogP contribution >= 0.6 is 0 Å². The van der Waals surface area contributed by atoms with Gasteiger partial charge in [-0.15, -0.1) is 0 Å². The van der Waals surface area contributed by atoms with Crippen LogP contribution in [0.25, 0.3) is 0 Å². The Balaban J connectivity index is 1.95. The van der Waals surface area contributed by atoms with Crippen LogP contribution in [0.1, 0.15) is 32.8 Å². The van der Waals surface area contributed by atoms with Crippen LogP contribution in [0.15, 0.2) is 18.2 Å². The lowest BCUT2D eigenvalue weighted by molar-refractivity contribution is 0.297. The van der Waals surface area contributed by atoms with Crippen molar-refractivity contribution in [1.82, 2.24) is 5.32 Å². The molecule has 106 valence electrons. The van der Waals surface area contributed by atoms with E-state index in [0.717, 1.165) is 44.1 Å². The van der Waals surface area contributed by atoms with E-state index >= 15 is 0 Å². The lowest BCUT2D eigenvalue weighted by Gasteiger charge is -2.16. The first kappa shape index (κ1) is 14.2. The second-order valence-electron chi connectivity index (χ2n) is 5.74. The smallest absolute Gasteiger partial charge is 0.161 e. The zero-order chi connectivity index (χ0) is 13.7. The summed E-state index contributed by atoms with van der Waals surface area (Å²) in [7, 11) is 0. The van der Waals surface area contributed by atoms with E-state index in [-0.39, 0.29) is 0 Å². The third kappa shape index (κ3) is 4.43. The van der Waals surface area contributed by atoms with Gasteiger partial charge in [-0.25, -0.2) is 0 Å². The van der Waals surface area contributed by atoms with E-state index in [0.29, 0.717) is 12.0 Å². The Morgan fingerprint density at radius 2 is 1.84 bits per heavy atom. The van der Waals surface area contributed by atoms with Crippen LogP contribution in [0, 0.1) is 5.92 Å². The van der Waals surface area contributed by atoms with Crippen molar-refractivity contribution in [2.45, 2.75) is 39.7 Å². The molecular weight excluding hydrogens is 238 g/mol. The van der Waals surface area contributed by atoms with Crippen molar-refractivity contribution in [3.63, 3.8) is 0 Å². The summed E-state index contributed by atoms with van der Waals surface area (Å²) in [5.74, 6) is 2.46. The van der Waals surface area contributed by atoms with Gasteiger partial charge in [-0.05, 0) is 43.5 Å². The molecule has 2 rings (SSSR count). The molecule has 1 aliphatic heterocycles. The van der Waals surface area contributed by atoms with Gasteiger partial charge in [-0.1, -0.05) is 19.9 Å². The fraction of sp³-hybridized carbons (Fsp3) is 0.625. The molecule has 0 saturated heterocycles. The third-order valence-electron chi connectivity index (χ3n) is 3.23. The molecule has 0 aromatic heterocycles. The number of rotatable bonds is 5. The van der Waals surface area contributed by atoms with E-state index in [4.69, 9.17) is 9.47 Å². The number of nitrogens with one attached hydrogen (secondary N) is 1. The zero-order valence-electron chi connectivity index (χ0n) is 12.2. The summed E-state index contributed by atoms with van der Waals surface area (Å²) < 4.78 is 11.4. The van der Waals surface area contributed by atoms with Crippen LogP contribution in [0.3, 0.4) is 0 Å². The first-order valence-corrected chi connectivity index (χ1v) is 7.27. The molecule has 3 nitrogen and oxygen atoms in total. The van der Waals surface area contributed by atoms with Gasteiger partial charge in [0.05, 0.1) is 13.2 Å². The average Bonchev–Trinajstić information content (AvgIpc) is 2.61. The third-order valence-corrected chi connectivity index (χ3v) is 3.23. The average molecular weight is 263 g/mol. The minimum Gasteiger partial charge on any atom is -0.490 e. The largest absolute Gasteiger partial charge is 0.490 e. The van der Waals surface area contributed by atoms with E-state index in [1.807, 2.05) is 6.07 Å². The maximum Gasteiger partial charge on any atom is 0.161 e. The number of fused-ring (bicyclic) bond motifs is 1. The summed E-state index contributed by atoms with van der Waals surface area (Å²) in [6.45, 7) is 9.24. The number of ether oxygens (including phenoxy) is 2. The normalized spacial score (nSPS) is 16.2. The second kappa shape index (κ2) is 6.80. The Labute approximate surface area is 116 Å². The van der Waals surface area contributed by atoms with E-state index in [2.05, 4.69) is 38.2 Å². The topological polar surface area (TPSA) is 30.5 Å². The minimum atomic E-state index is 0.479. The summed E-state index contributed by atoms with van der Waals surface area (Å²) >= 11 is 0. The number of hydrogen-bond donors (Lipinski definition) is 1. The van der Waals surface area contributed by atoms with Gasteiger partial charge in [0.15, 0.2) is 11.5 Å². The molecule has 0 spiro atoms. The van der Waals surface area contributed by atoms with Gasteiger partial charge in [0.2, 0.25) is 0 Å². The fourth-order valence-corrected chi connectivity index (χ4v) is 2.20. The van der Waals surface area contributed by atoms with Crippen LogP contribution in [0.2, 0.25) is 0 Å². The van der Waals surface area contributed by atoms with Gasteiger partial charge in [0.25, 0.3) is 0 Å². The van der Waals surface area contributed by atoms with Crippen molar-refractivity contribution in [2.75, 3.05) is 19.8 Å². The Morgan fingerprint density at radius 1 is 1.11 bits per heavy atom. The molecule has 1 aliphatic rings. The molecular formula is C16H25NO2. The van der Waals surface area contributed by atoms with Crippen LogP contribution in [-0.4, -0.2) is 25.8 Å². The van der Waals surface area contributed by atoms with E-state index in [1.54, 1.807) is 0 Å². The van der Waals surface area contributed by atoms with Gasteiger partial charge < -0.3 is 14.8 Å². The predicted molar refractivity (Wildman–Crippen MR) is 78.1 cm³/mol. The standard InChI is InChI=1S/C16H25NO2/c1-12(2)11-17-13(3)9-14-5-6-15-16(10-14)19-8-4-7-18-15/h5-6,10,12-13,17H,4,7-9,11H2,1-3H3. The molecule has 19 heavy (non-hydrogen) atoms. The van der Waals surface area contributed by atoms with Gasteiger partial charge >= 0.3 is 0 Å². The lowest BCUT2D eigenvalue weighted by Crippen LogP contribution is -2.31. The fourth-order valence-electron chi connectivity index (χ4n) is 2.20. The van der Waals surface area contributed by atoms with E-state index < -0.39 is 0 Å². The van der Waals surface area contributed by atoms with Crippen LogP contribution in [-0.2, 0) is 6.42 Å². The second-order valence-corrected chi connectivity index (χ2v) is 5.74. The molecule has 1 atom stereocenters. The molecule has 0 aliphatic carbocycles. The molecule has 1 unspecified atom stereocenters. The Bertz CT molecular complexity index is 404. The van der Waals surface area contributed by atoms with E-state index in [1.165, 1.54) is 5.56 Å². The summed E-state index contributed by atoms with van der Waals surface area (Å²) in [5, 5.41) is 3.55. The highest BCUT2D eigenvalue weighted by atomic mass is 16.5. The summed E-state index contributed by atoms with van der Waals surface area (Å²) in [6.07, 6.45) is 1.97. The summed E-state index contributed by atoms with van der Waals surface area (Å²) in [5.41, 5.74) is 1.30. The van der Waals surface area contributed by atoms with Crippen LogP contribution < -0.4 is 14.8 Å². The van der Waals surface area contributed by atoms with E-state index in [9.17, 15) is 0 Å². The summed E-state index contributed by atoms with van der Waals surface area (Å²) in [4.78, 5) is 0. The maximum absolute atomic E-state index is 5.72. The maximum atomic E-state index is 5.72. The van der Waals surface area contributed by atoms with Crippen LogP contribution in [0.4, 0.5) is 0 Å². The Hall–Kier alpha value is -1.22. The molecule has 1 heterocycles. The van der Waals surface area contributed by atoms with Crippen LogP contribution in [0.5, 0.6) is 11.5 Å². The zero-order valence-corrected chi connectivity index (χ0v) is 12.2. The van der Waals surface area contributed by atoms with Gasteiger partial charge in [-0.2, -0.15) is 0 Å². The molecule has 0 fully saturated rings. The molecule has 1 aromatic carbocycles. The lowest BCUT2D eigenvalue weighted by atomic mass is 10.1. The van der Waals surface area contributed by atoms with Crippen molar-refractivity contribution < 1.29 is 9.47 Å². The van der Waals surface area contributed by atoms with Gasteiger partial charge in [0, 0.05) is 12.5 Å². The first-order valence-electron chi connectivity index (χ1n) is 7.27. The Morgan fingerprint density at radius 3 is 2.58 bits per heavy atom. The number of benzene rings is 1. The molecule has 1 N–H and O–H groups in total. The van der Waals surface area contributed by atoms with Gasteiger partial charge in [0.1, 0.15) is 0 Å². The highest BCUT2D eigenvalue weighted by Gasteiger charge is 2.12. The number of hydrogen-bond acceptors (Lipinski definition) is 3. The highest BCUT2D eigenvalue weighted by Crippen LogP contribution is 2.30. The summed E-state index contributed by atoms with van der Waals surface area (Å²) in [6, 6.07) is 6.77. The van der Waals surface area contributed by atoms with Crippen molar-refractivity contribution >= 4 is 0 Å². The SMILES string of the molecule is CC(C)CNC(C)Cc1ccc2c(c1)OCCCO2. The molecule has 0 radical (unpaired) electrons. The monoisotopic (exact) mass is 263 g/mol. The predicted octanol–water partition coefficient (Wildman–Crippen LogP) is 3.02. The molecule has 0 bridgehead atoms. The molecule has 1 aromatic rings. The molecule has 3 heteroatoms. The van der Waals surface area contributed by atoms with Crippen molar-refractivity contribution in [3.05, 3.63) is 23.8 Å². The quantitative estimate of drug-likeness (QED) is 0.885. The molecule has 0 amide bonds. The van der Waals surface area contributed by atoms with Crippen molar-refractivity contribution in [1.29, 1.82) is 0 Å². The van der Waals surface area contributed by atoms with Gasteiger partial charge in [-0.3, -0.25) is 0 Å². The van der Waals surface area contributed by atoms with Crippen molar-refractivity contribution in [3.8, 4) is 11.5 Å². The van der Waals surface area contributed by atoms with Crippen molar-refractivity contribution in [2.24, 2.45) is 5.92 Å².